The van der Waals surface area contributed by atoms with Gasteiger partial charge in [-0.1, -0.05) is 176 Å². The summed E-state index contributed by atoms with van der Waals surface area (Å²) in [6.45, 7) is 0. The molecule has 2 nitrogen and oxygen atoms in total. The maximum absolute atomic E-state index is 13.4. The van der Waals surface area contributed by atoms with Crippen LogP contribution in [0.1, 0.15) is 16.7 Å². The van der Waals surface area contributed by atoms with Crippen molar-refractivity contribution in [3.05, 3.63) is 217 Å². The summed E-state index contributed by atoms with van der Waals surface area (Å²) in [4.78, 5) is 0. The Morgan fingerprint density at radius 3 is 1.42 bits per heavy atom. The predicted octanol–water partition coefficient (Wildman–Crippen LogP) is 14.3. The molecule has 1 N–H and O–H groups in total. The minimum absolute atomic E-state index is 0.664. The molecule has 0 unspecified atom stereocenters. The molecule has 1 heterocycles. The van der Waals surface area contributed by atoms with E-state index in [1.807, 2.05) is 42.5 Å². The van der Waals surface area contributed by atoms with Crippen molar-refractivity contribution in [3.8, 4) is 44.7 Å². The lowest BCUT2D eigenvalue weighted by Gasteiger charge is -2.27. The fourth-order valence-corrected chi connectivity index (χ4v) is 9.72. The van der Waals surface area contributed by atoms with Gasteiger partial charge in [0.15, 0.2) is 0 Å². The van der Waals surface area contributed by atoms with E-state index in [9.17, 15) is 5.11 Å². The molecule has 266 valence electrons. The average molecular weight is 727 g/mol. The van der Waals surface area contributed by atoms with Crippen molar-refractivity contribution >= 4 is 54.1 Å². The van der Waals surface area contributed by atoms with Crippen LogP contribution < -0.4 is 0 Å². The van der Waals surface area contributed by atoms with Gasteiger partial charge in [0.05, 0.1) is 0 Å². The van der Waals surface area contributed by atoms with Crippen LogP contribution in [0.3, 0.4) is 0 Å². The Bertz CT molecular complexity index is 3390. The van der Waals surface area contributed by atoms with Crippen molar-refractivity contribution in [2.24, 2.45) is 0 Å². The number of aliphatic hydroxyl groups is 1. The van der Waals surface area contributed by atoms with Gasteiger partial charge in [-0.25, -0.2) is 0 Å². The highest BCUT2D eigenvalue weighted by Crippen LogP contribution is 2.56. The molecule has 1 aliphatic rings. The van der Waals surface area contributed by atoms with Crippen LogP contribution in [-0.4, -0.2) is 5.11 Å². The molecule has 2 heteroatoms. The zero-order valence-corrected chi connectivity index (χ0v) is 30.9. The van der Waals surface area contributed by atoms with E-state index < -0.39 is 5.60 Å². The average Bonchev–Trinajstić information content (AvgIpc) is 3.79. The number of fused-ring (bicyclic) bond motifs is 8. The topological polar surface area (TPSA) is 33.4 Å². The first-order chi connectivity index (χ1) is 28.1. The fourth-order valence-electron chi connectivity index (χ4n) is 9.72. The van der Waals surface area contributed by atoms with E-state index in [1.165, 1.54) is 49.0 Å². The zero-order valence-electron chi connectivity index (χ0n) is 30.9. The number of hydrogen-bond donors (Lipinski definition) is 1. The molecule has 0 aliphatic heterocycles. The molecule has 0 bridgehead atoms. The highest BCUT2D eigenvalue weighted by atomic mass is 16.3. The SMILES string of the molecule is OC1(c2c(-c3ccc4c(-c5ccc6ccccc6c5)c5ccccc5c(-c5ccc6ccccc6c5)c4c3)oc3ccccc23)c2ccccc2-c2ccccc21. The molecular weight excluding hydrogens is 693 g/mol. The molecule has 0 radical (unpaired) electrons. The van der Waals surface area contributed by atoms with Crippen LogP contribution in [-0.2, 0) is 5.60 Å². The first-order valence-corrected chi connectivity index (χ1v) is 19.6. The molecule has 10 aromatic carbocycles. The molecule has 0 atom stereocenters. The van der Waals surface area contributed by atoms with Gasteiger partial charge >= 0.3 is 0 Å². The molecule has 0 saturated carbocycles. The van der Waals surface area contributed by atoms with E-state index in [0.717, 1.165) is 60.7 Å². The Morgan fingerprint density at radius 1 is 0.351 bits per heavy atom. The summed E-state index contributed by atoms with van der Waals surface area (Å²) >= 11 is 0. The maximum atomic E-state index is 13.4. The quantitative estimate of drug-likeness (QED) is 0.183. The third-order valence-corrected chi connectivity index (χ3v) is 12.2. The van der Waals surface area contributed by atoms with Crippen molar-refractivity contribution in [2.45, 2.75) is 5.60 Å². The van der Waals surface area contributed by atoms with Crippen LogP contribution in [0.25, 0.3) is 98.8 Å². The second-order valence-corrected chi connectivity index (χ2v) is 15.3. The lowest BCUT2D eigenvalue weighted by atomic mass is 9.80. The molecule has 57 heavy (non-hydrogen) atoms. The first kappa shape index (κ1) is 32.0. The summed E-state index contributed by atoms with van der Waals surface area (Å²) in [7, 11) is 0. The molecule has 0 amide bonds. The van der Waals surface area contributed by atoms with E-state index in [2.05, 4.69) is 158 Å². The van der Waals surface area contributed by atoms with Crippen LogP contribution in [0.15, 0.2) is 205 Å². The second kappa shape index (κ2) is 12.1. The van der Waals surface area contributed by atoms with Crippen LogP contribution in [0.5, 0.6) is 0 Å². The summed E-state index contributed by atoms with van der Waals surface area (Å²) < 4.78 is 6.94. The van der Waals surface area contributed by atoms with E-state index in [1.54, 1.807) is 0 Å². The highest BCUT2D eigenvalue weighted by Gasteiger charge is 2.46. The zero-order chi connectivity index (χ0) is 37.7. The fraction of sp³-hybridized carbons (Fsp3) is 0.0182. The normalized spacial score (nSPS) is 13.1. The van der Waals surface area contributed by atoms with Crippen LogP contribution in [0, 0.1) is 0 Å². The standard InChI is InChI=1S/C55H34O2/c56-55(48-22-10-7-17-41(48)42-18-8-11-23-49(42)55)53-46-21-9-12-24-50(46)57-54(53)40-29-30-45-47(33-40)52(39-28-26-35-14-2-4-16-37(35)32-39)44-20-6-5-19-43(44)51(45)38-27-25-34-13-1-3-15-36(34)31-38/h1-33,56H. The van der Waals surface area contributed by atoms with E-state index >= 15 is 0 Å². The third-order valence-electron chi connectivity index (χ3n) is 12.2. The number of benzene rings is 10. The largest absolute Gasteiger partial charge is 0.456 e. The Hall–Kier alpha value is -7.26. The molecule has 1 aliphatic carbocycles. The minimum Gasteiger partial charge on any atom is -0.456 e. The van der Waals surface area contributed by atoms with Gasteiger partial charge < -0.3 is 9.52 Å². The number of hydrogen-bond acceptors (Lipinski definition) is 2. The summed E-state index contributed by atoms with van der Waals surface area (Å²) in [6, 6.07) is 70.9. The molecule has 0 spiro atoms. The maximum Gasteiger partial charge on any atom is 0.146 e. The van der Waals surface area contributed by atoms with Crippen LogP contribution in [0.4, 0.5) is 0 Å². The third kappa shape index (κ3) is 4.62. The van der Waals surface area contributed by atoms with Crippen LogP contribution >= 0.6 is 0 Å². The summed E-state index contributed by atoms with van der Waals surface area (Å²) in [5.74, 6) is 0.664. The summed E-state index contributed by atoms with van der Waals surface area (Å²) in [6.07, 6.45) is 0. The number of furan rings is 1. The van der Waals surface area contributed by atoms with Crippen LogP contribution in [0.2, 0.25) is 0 Å². The summed E-state index contributed by atoms with van der Waals surface area (Å²) in [5.41, 5.74) is 9.46. The van der Waals surface area contributed by atoms with E-state index in [0.29, 0.717) is 5.76 Å². The van der Waals surface area contributed by atoms with Gasteiger partial charge in [-0.3, -0.25) is 0 Å². The number of rotatable bonds is 4. The van der Waals surface area contributed by atoms with Gasteiger partial charge in [0, 0.05) is 27.6 Å². The van der Waals surface area contributed by atoms with Crippen molar-refractivity contribution in [1.82, 2.24) is 0 Å². The van der Waals surface area contributed by atoms with Crippen molar-refractivity contribution in [1.29, 1.82) is 0 Å². The Morgan fingerprint density at radius 2 is 0.807 bits per heavy atom. The lowest BCUT2D eigenvalue weighted by molar-refractivity contribution is 0.132. The lowest BCUT2D eigenvalue weighted by Crippen LogP contribution is -2.26. The second-order valence-electron chi connectivity index (χ2n) is 15.3. The molecule has 1 aromatic heterocycles. The van der Waals surface area contributed by atoms with Crippen molar-refractivity contribution in [3.63, 3.8) is 0 Å². The highest BCUT2D eigenvalue weighted by molar-refractivity contribution is 6.22. The van der Waals surface area contributed by atoms with Crippen molar-refractivity contribution in [2.75, 3.05) is 0 Å². The number of para-hydroxylation sites is 1. The van der Waals surface area contributed by atoms with Gasteiger partial charge in [-0.2, -0.15) is 0 Å². The summed E-state index contributed by atoms with van der Waals surface area (Å²) in [5, 5.41) is 23.8. The van der Waals surface area contributed by atoms with Crippen molar-refractivity contribution < 1.29 is 9.52 Å². The van der Waals surface area contributed by atoms with E-state index in [-0.39, 0.29) is 0 Å². The Kier molecular flexibility index (Phi) is 6.81. The molecular formula is C55H34O2. The monoisotopic (exact) mass is 726 g/mol. The minimum atomic E-state index is -1.44. The molecule has 0 fully saturated rings. The first-order valence-electron chi connectivity index (χ1n) is 19.6. The molecule has 11 aromatic rings. The Balaban J connectivity index is 1.20. The smallest absolute Gasteiger partial charge is 0.146 e. The van der Waals surface area contributed by atoms with E-state index in [4.69, 9.17) is 4.42 Å². The van der Waals surface area contributed by atoms with Gasteiger partial charge in [0.2, 0.25) is 0 Å². The predicted molar refractivity (Wildman–Crippen MR) is 237 cm³/mol. The molecule has 0 saturated heterocycles. The van der Waals surface area contributed by atoms with Gasteiger partial charge in [0.25, 0.3) is 0 Å². The molecule has 12 rings (SSSR count). The Labute approximate surface area is 329 Å². The van der Waals surface area contributed by atoms with Gasteiger partial charge in [-0.05, 0) is 101 Å². The van der Waals surface area contributed by atoms with Gasteiger partial charge in [0.1, 0.15) is 16.9 Å². The van der Waals surface area contributed by atoms with Gasteiger partial charge in [-0.15, -0.1) is 0 Å².